The third-order valence-electron chi connectivity index (χ3n) is 6.30. The summed E-state index contributed by atoms with van der Waals surface area (Å²) in [6, 6.07) is 16.7. The van der Waals surface area contributed by atoms with E-state index >= 15 is 0 Å². The molecular weight excluding hydrogens is 466 g/mol. The number of anilines is 2. The molecule has 1 atom stereocenters. The summed E-state index contributed by atoms with van der Waals surface area (Å²) < 4.78 is 10.8. The largest absolute Gasteiger partial charge is 0.484 e. The van der Waals surface area contributed by atoms with Gasteiger partial charge in [-0.1, -0.05) is 37.6 Å². The number of halogens is 1. The van der Waals surface area contributed by atoms with E-state index in [0.717, 1.165) is 12.1 Å². The fourth-order valence-electron chi connectivity index (χ4n) is 4.02. The van der Waals surface area contributed by atoms with Gasteiger partial charge in [-0.05, 0) is 60.4 Å². The van der Waals surface area contributed by atoms with Crippen LogP contribution in [0.15, 0.2) is 65.3 Å². The van der Waals surface area contributed by atoms with Gasteiger partial charge in [0.1, 0.15) is 5.75 Å². The highest BCUT2D eigenvalue weighted by Gasteiger charge is 2.24. The van der Waals surface area contributed by atoms with Gasteiger partial charge < -0.3 is 24.3 Å². The van der Waals surface area contributed by atoms with Gasteiger partial charge in [0.15, 0.2) is 12.4 Å². The fourth-order valence-corrected chi connectivity index (χ4v) is 4.32. The molecule has 1 fully saturated rings. The number of carbonyl (C=O) groups is 2. The van der Waals surface area contributed by atoms with Crippen molar-refractivity contribution in [1.29, 1.82) is 0 Å². The number of ether oxygens (including phenoxy) is 1. The molecule has 0 bridgehead atoms. The highest BCUT2D eigenvalue weighted by molar-refractivity contribution is 6.33. The van der Waals surface area contributed by atoms with Gasteiger partial charge in [0.25, 0.3) is 11.8 Å². The van der Waals surface area contributed by atoms with E-state index < -0.39 is 0 Å². The Labute approximate surface area is 210 Å². The second-order valence-electron chi connectivity index (χ2n) is 8.64. The van der Waals surface area contributed by atoms with E-state index in [1.54, 1.807) is 23.1 Å². The van der Waals surface area contributed by atoms with Crippen LogP contribution in [0.25, 0.3) is 0 Å². The second kappa shape index (κ2) is 11.3. The predicted octanol–water partition coefficient (Wildman–Crippen LogP) is 5.43. The molecule has 0 aliphatic carbocycles. The molecule has 1 aliphatic rings. The SMILES string of the molecule is CCC(C)c1ccc(OCC(=O)Nc2ccc(N3CCN(C(=O)c4ccco4)CC3)c(Cl)c2)cc1. The highest BCUT2D eigenvalue weighted by atomic mass is 35.5. The third-order valence-corrected chi connectivity index (χ3v) is 6.61. The summed E-state index contributed by atoms with van der Waals surface area (Å²) >= 11 is 6.53. The fraction of sp³-hybridized carbons (Fsp3) is 0.333. The highest BCUT2D eigenvalue weighted by Crippen LogP contribution is 2.30. The Morgan fingerprint density at radius 3 is 2.46 bits per heavy atom. The van der Waals surface area contributed by atoms with Crippen molar-refractivity contribution in [2.24, 2.45) is 0 Å². The molecule has 8 heteroatoms. The number of carbonyl (C=O) groups excluding carboxylic acids is 2. The van der Waals surface area contributed by atoms with E-state index in [0.29, 0.717) is 54.3 Å². The molecule has 1 unspecified atom stereocenters. The number of hydrogen-bond acceptors (Lipinski definition) is 5. The number of furan rings is 1. The summed E-state index contributed by atoms with van der Waals surface area (Å²) in [6.45, 7) is 6.71. The van der Waals surface area contributed by atoms with Gasteiger partial charge in [-0.15, -0.1) is 0 Å². The molecule has 184 valence electrons. The van der Waals surface area contributed by atoms with Crippen LogP contribution in [0.1, 0.15) is 42.3 Å². The van der Waals surface area contributed by atoms with E-state index in [9.17, 15) is 9.59 Å². The summed E-state index contributed by atoms with van der Waals surface area (Å²) in [6.07, 6.45) is 2.58. The third kappa shape index (κ3) is 6.17. The minimum Gasteiger partial charge on any atom is -0.484 e. The van der Waals surface area contributed by atoms with Crippen LogP contribution in [0.3, 0.4) is 0 Å². The van der Waals surface area contributed by atoms with Crippen molar-refractivity contribution in [2.45, 2.75) is 26.2 Å². The molecule has 1 aliphatic heterocycles. The van der Waals surface area contributed by atoms with Crippen LogP contribution in [-0.2, 0) is 4.79 Å². The molecule has 3 aromatic rings. The molecular formula is C27H30ClN3O4. The van der Waals surface area contributed by atoms with Crippen molar-refractivity contribution in [3.8, 4) is 5.75 Å². The van der Waals surface area contributed by atoms with E-state index in [1.807, 2.05) is 36.4 Å². The van der Waals surface area contributed by atoms with Crippen molar-refractivity contribution >= 4 is 34.8 Å². The number of amides is 2. The van der Waals surface area contributed by atoms with E-state index in [2.05, 4.69) is 24.1 Å². The van der Waals surface area contributed by atoms with Crippen molar-refractivity contribution in [1.82, 2.24) is 4.90 Å². The first-order valence-corrected chi connectivity index (χ1v) is 12.2. The zero-order chi connectivity index (χ0) is 24.8. The molecule has 2 aromatic carbocycles. The van der Waals surface area contributed by atoms with Crippen LogP contribution in [0.5, 0.6) is 5.75 Å². The second-order valence-corrected chi connectivity index (χ2v) is 9.05. The summed E-state index contributed by atoms with van der Waals surface area (Å²) in [5.74, 6) is 1.14. The normalized spacial score (nSPS) is 14.5. The minimum atomic E-state index is -0.259. The number of benzene rings is 2. The maximum Gasteiger partial charge on any atom is 0.289 e. The van der Waals surface area contributed by atoms with E-state index in [-0.39, 0.29) is 18.4 Å². The number of nitrogens with one attached hydrogen (secondary N) is 1. The van der Waals surface area contributed by atoms with Crippen molar-refractivity contribution in [3.63, 3.8) is 0 Å². The van der Waals surface area contributed by atoms with Gasteiger partial charge in [-0.25, -0.2) is 0 Å². The van der Waals surface area contributed by atoms with Crippen molar-refractivity contribution in [2.75, 3.05) is 43.0 Å². The van der Waals surface area contributed by atoms with Crippen LogP contribution in [0.4, 0.5) is 11.4 Å². The lowest BCUT2D eigenvalue weighted by Gasteiger charge is -2.36. The van der Waals surface area contributed by atoms with Crippen LogP contribution >= 0.6 is 11.6 Å². The average Bonchev–Trinajstić information content (AvgIpc) is 3.42. The van der Waals surface area contributed by atoms with Crippen molar-refractivity contribution < 1.29 is 18.7 Å². The molecule has 0 spiro atoms. The Morgan fingerprint density at radius 2 is 1.83 bits per heavy atom. The van der Waals surface area contributed by atoms with Crippen molar-refractivity contribution in [3.05, 3.63) is 77.2 Å². The van der Waals surface area contributed by atoms with Crippen LogP contribution in [0.2, 0.25) is 5.02 Å². The van der Waals surface area contributed by atoms with E-state index in [1.165, 1.54) is 11.8 Å². The first-order chi connectivity index (χ1) is 16.9. The Morgan fingerprint density at radius 1 is 1.09 bits per heavy atom. The number of hydrogen-bond donors (Lipinski definition) is 1. The molecule has 7 nitrogen and oxygen atoms in total. The van der Waals surface area contributed by atoms with Crippen LogP contribution in [-0.4, -0.2) is 49.5 Å². The molecule has 0 radical (unpaired) electrons. The molecule has 35 heavy (non-hydrogen) atoms. The standard InChI is InChI=1S/C27H30ClN3O4/c1-3-19(2)20-6-9-22(10-7-20)35-18-26(32)29-21-8-11-24(23(28)17-21)30-12-14-31(15-13-30)27(33)25-5-4-16-34-25/h4-11,16-17,19H,3,12-15,18H2,1-2H3,(H,29,32). The Kier molecular flexibility index (Phi) is 7.98. The zero-order valence-electron chi connectivity index (χ0n) is 20.0. The lowest BCUT2D eigenvalue weighted by Crippen LogP contribution is -2.48. The maximum atomic E-state index is 12.5. The zero-order valence-corrected chi connectivity index (χ0v) is 20.8. The smallest absolute Gasteiger partial charge is 0.289 e. The van der Waals surface area contributed by atoms with Gasteiger partial charge in [-0.3, -0.25) is 9.59 Å². The molecule has 4 rings (SSSR count). The number of piperazine rings is 1. The van der Waals surface area contributed by atoms with Crippen LogP contribution in [0, 0.1) is 0 Å². The number of rotatable bonds is 8. The summed E-state index contributed by atoms with van der Waals surface area (Å²) in [5, 5.41) is 3.37. The number of nitrogens with zero attached hydrogens (tertiary/aromatic N) is 2. The Bertz CT molecular complexity index is 1140. The quantitative estimate of drug-likeness (QED) is 0.451. The van der Waals surface area contributed by atoms with E-state index in [4.69, 9.17) is 20.8 Å². The molecule has 1 saturated heterocycles. The Balaban J connectivity index is 1.27. The molecule has 2 heterocycles. The maximum absolute atomic E-state index is 12.5. The molecule has 1 N–H and O–H groups in total. The summed E-state index contributed by atoms with van der Waals surface area (Å²) in [4.78, 5) is 28.7. The van der Waals surface area contributed by atoms with Gasteiger partial charge in [0.05, 0.1) is 17.0 Å². The lowest BCUT2D eigenvalue weighted by molar-refractivity contribution is -0.118. The molecule has 1 aromatic heterocycles. The molecule has 0 saturated carbocycles. The predicted molar refractivity (Wildman–Crippen MR) is 138 cm³/mol. The first-order valence-electron chi connectivity index (χ1n) is 11.8. The van der Waals surface area contributed by atoms with Gasteiger partial charge in [-0.2, -0.15) is 0 Å². The summed E-state index contributed by atoms with van der Waals surface area (Å²) in [7, 11) is 0. The molecule has 2 amide bonds. The van der Waals surface area contributed by atoms with Crippen LogP contribution < -0.4 is 15.0 Å². The van der Waals surface area contributed by atoms with Gasteiger partial charge >= 0.3 is 0 Å². The minimum absolute atomic E-state index is 0.0896. The summed E-state index contributed by atoms with van der Waals surface area (Å²) in [5.41, 5.74) is 2.73. The first kappa shape index (κ1) is 24.7. The van der Waals surface area contributed by atoms with Gasteiger partial charge in [0, 0.05) is 31.9 Å². The monoisotopic (exact) mass is 495 g/mol. The Hall–Kier alpha value is -3.45. The van der Waals surface area contributed by atoms with Gasteiger partial charge in [0.2, 0.25) is 0 Å². The lowest BCUT2D eigenvalue weighted by atomic mass is 9.99. The topological polar surface area (TPSA) is 75.0 Å². The average molecular weight is 496 g/mol.